The van der Waals surface area contributed by atoms with Crippen molar-refractivity contribution in [2.45, 2.75) is 46.7 Å². The van der Waals surface area contributed by atoms with E-state index in [0.29, 0.717) is 13.0 Å². The molecule has 1 heterocycles. The van der Waals surface area contributed by atoms with E-state index in [1.165, 1.54) is 5.56 Å². The molecule has 0 saturated heterocycles. The Bertz CT molecular complexity index is 631. The van der Waals surface area contributed by atoms with Gasteiger partial charge in [-0.1, -0.05) is 24.3 Å². The quantitative estimate of drug-likeness (QED) is 0.917. The molecule has 1 atom stereocenters. The van der Waals surface area contributed by atoms with E-state index in [0.717, 1.165) is 17.0 Å². The largest absolute Gasteiger partial charge is 0.352 e. The first-order chi connectivity index (χ1) is 9.97. The zero-order chi connectivity index (χ0) is 15.4. The molecule has 4 heteroatoms. The van der Waals surface area contributed by atoms with E-state index in [4.69, 9.17) is 0 Å². The van der Waals surface area contributed by atoms with Crippen LogP contribution in [0.3, 0.4) is 0 Å². The van der Waals surface area contributed by atoms with Gasteiger partial charge in [-0.2, -0.15) is 5.10 Å². The van der Waals surface area contributed by atoms with Crippen LogP contribution in [-0.4, -0.2) is 15.7 Å². The second kappa shape index (κ2) is 6.57. The van der Waals surface area contributed by atoms with E-state index in [1.54, 1.807) is 0 Å². The Morgan fingerprint density at radius 3 is 2.62 bits per heavy atom. The van der Waals surface area contributed by atoms with Gasteiger partial charge in [0.1, 0.15) is 0 Å². The third-order valence-corrected chi connectivity index (χ3v) is 3.68. The molecule has 1 aromatic heterocycles. The van der Waals surface area contributed by atoms with Crippen LogP contribution in [0.5, 0.6) is 0 Å². The standard InChI is InChI=1S/C17H23N3O/c1-12-7-5-6-8-16(12)11-18-17(21)10-15(4)20-14(3)9-13(2)19-20/h5-9,15H,10-11H2,1-4H3,(H,18,21)/t15-/m1/s1. The predicted octanol–water partition coefficient (Wildman–Crippen LogP) is 3.08. The highest BCUT2D eigenvalue weighted by atomic mass is 16.1. The van der Waals surface area contributed by atoms with Crippen molar-refractivity contribution in [1.29, 1.82) is 0 Å². The average Bonchev–Trinajstić information content (AvgIpc) is 2.77. The predicted molar refractivity (Wildman–Crippen MR) is 84.1 cm³/mol. The van der Waals surface area contributed by atoms with Crippen LogP contribution in [0.25, 0.3) is 0 Å². The molecule has 1 amide bonds. The fraction of sp³-hybridized carbons (Fsp3) is 0.412. The Kier molecular flexibility index (Phi) is 4.78. The molecule has 0 spiro atoms. The highest BCUT2D eigenvalue weighted by Crippen LogP contribution is 2.14. The number of carbonyl (C=O) groups is 1. The first-order valence-electron chi connectivity index (χ1n) is 7.31. The highest BCUT2D eigenvalue weighted by molar-refractivity contribution is 5.76. The molecular weight excluding hydrogens is 262 g/mol. The molecule has 0 aliphatic carbocycles. The maximum Gasteiger partial charge on any atom is 0.222 e. The Balaban J connectivity index is 1.90. The minimum Gasteiger partial charge on any atom is -0.352 e. The number of benzene rings is 1. The third-order valence-electron chi connectivity index (χ3n) is 3.68. The molecule has 0 unspecified atom stereocenters. The van der Waals surface area contributed by atoms with E-state index < -0.39 is 0 Å². The Labute approximate surface area is 126 Å². The molecule has 0 bridgehead atoms. The summed E-state index contributed by atoms with van der Waals surface area (Å²) in [7, 11) is 0. The zero-order valence-corrected chi connectivity index (χ0v) is 13.2. The SMILES string of the molecule is Cc1cc(C)n([C@H](C)CC(=O)NCc2ccccc2C)n1. The minimum absolute atomic E-state index is 0.0540. The van der Waals surface area contributed by atoms with Crippen molar-refractivity contribution < 1.29 is 4.79 Å². The van der Waals surface area contributed by atoms with Gasteiger partial charge in [-0.3, -0.25) is 9.48 Å². The molecule has 4 nitrogen and oxygen atoms in total. The summed E-state index contributed by atoms with van der Waals surface area (Å²) in [5, 5.41) is 7.42. The van der Waals surface area contributed by atoms with Gasteiger partial charge in [-0.15, -0.1) is 0 Å². The fourth-order valence-corrected chi connectivity index (χ4v) is 2.52. The maximum absolute atomic E-state index is 12.1. The summed E-state index contributed by atoms with van der Waals surface area (Å²) < 4.78 is 1.92. The Hall–Kier alpha value is -2.10. The monoisotopic (exact) mass is 285 g/mol. The van der Waals surface area contributed by atoms with Crippen LogP contribution in [-0.2, 0) is 11.3 Å². The molecule has 1 N–H and O–H groups in total. The van der Waals surface area contributed by atoms with E-state index in [9.17, 15) is 4.79 Å². The summed E-state index contributed by atoms with van der Waals surface area (Å²) in [4.78, 5) is 12.1. The molecule has 2 rings (SSSR count). The van der Waals surface area contributed by atoms with Crippen LogP contribution in [0.15, 0.2) is 30.3 Å². The van der Waals surface area contributed by atoms with Gasteiger partial charge in [-0.25, -0.2) is 0 Å². The summed E-state index contributed by atoms with van der Waals surface area (Å²) in [6.07, 6.45) is 0.438. The van der Waals surface area contributed by atoms with Crippen LogP contribution < -0.4 is 5.32 Å². The van der Waals surface area contributed by atoms with Crippen LogP contribution in [0.1, 0.15) is 41.9 Å². The molecule has 2 aromatic rings. The fourth-order valence-electron chi connectivity index (χ4n) is 2.52. The molecule has 0 radical (unpaired) electrons. The van der Waals surface area contributed by atoms with Crippen LogP contribution in [0, 0.1) is 20.8 Å². The van der Waals surface area contributed by atoms with Crippen LogP contribution in [0.2, 0.25) is 0 Å². The lowest BCUT2D eigenvalue weighted by molar-refractivity contribution is -0.122. The normalized spacial score (nSPS) is 12.2. The summed E-state index contributed by atoms with van der Waals surface area (Å²) in [5.41, 5.74) is 4.43. The molecule has 1 aromatic carbocycles. The lowest BCUT2D eigenvalue weighted by Gasteiger charge is -2.14. The molecule has 21 heavy (non-hydrogen) atoms. The summed E-state index contributed by atoms with van der Waals surface area (Å²) in [6.45, 7) is 8.64. The summed E-state index contributed by atoms with van der Waals surface area (Å²) in [5.74, 6) is 0.0540. The van der Waals surface area contributed by atoms with Crippen LogP contribution >= 0.6 is 0 Å². The Morgan fingerprint density at radius 2 is 2.00 bits per heavy atom. The first kappa shape index (κ1) is 15.3. The molecular formula is C17H23N3O. The van der Waals surface area contributed by atoms with E-state index in [1.807, 2.05) is 49.7 Å². The summed E-state index contributed by atoms with van der Waals surface area (Å²) >= 11 is 0. The Morgan fingerprint density at radius 1 is 1.29 bits per heavy atom. The van der Waals surface area contributed by atoms with Crippen molar-refractivity contribution >= 4 is 5.91 Å². The number of nitrogens with one attached hydrogen (secondary N) is 1. The lowest BCUT2D eigenvalue weighted by atomic mass is 10.1. The van der Waals surface area contributed by atoms with Gasteiger partial charge in [0, 0.05) is 18.7 Å². The number of aromatic nitrogens is 2. The van der Waals surface area contributed by atoms with Gasteiger partial charge in [0.25, 0.3) is 0 Å². The number of carbonyl (C=O) groups excluding carboxylic acids is 1. The second-order valence-corrected chi connectivity index (χ2v) is 5.63. The molecule has 0 fully saturated rings. The van der Waals surface area contributed by atoms with Gasteiger partial charge >= 0.3 is 0 Å². The molecule has 0 aliphatic heterocycles. The van der Waals surface area contributed by atoms with E-state index in [-0.39, 0.29) is 11.9 Å². The number of nitrogens with zero attached hydrogens (tertiary/aromatic N) is 2. The van der Waals surface area contributed by atoms with Crippen molar-refractivity contribution in [1.82, 2.24) is 15.1 Å². The van der Waals surface area contributed by atoms with Gasteiger partial charge in [0.15, 0.2) is 0 Å². The number of hydrogen-bond acceptors (Lipinski definition) is 2. The van der Waals surface area contributed by atoms with Gasteiger partial charge in [0.05, 0.1) is 11.7 Å². The van der Waals surface area contributed by atoms with Crippen LogP contribution in [0.4, 0.5) is 0 Å². The van der Waals surface area contributed by atoms with E-state index in [2.05, 4.69) is 23.4 Å². The van der Waals surface area contributed by atoms with Crippen molar-refractivity contribution in [2.24, 2.45) is 0 Å². The first-order valence-corrected chi connectivity index (χ1v) is 7.31. The van der Waals surface area contributed by atoms with Crippen molar-refractivity contribution in [3.63, 3.8) is 0 Å². The topological polar surface area (TPSA) is 46.9 Å². The lowest BCUT2D eigenvalue weighted by Crippen LogP contribution is -2.26. The third kappa shape index (κ3) is 3.94. The average molecular weight is 285 g/mol. The number of hydrogen-bond donors (Lipinski definition) is 1. The van der Waals surface area contributed by atoms with Crippen molar-refractivity contribution in [3.05, 3.63) is 52.8 Å². The zero-order valence-electron chi connectivity index (χ0n) is 13.2. The molecule has 112 valence electrons. The number of amides is 1. The van der Waals surface area contributed by atoms with Crippen molar-refractivity contribution in [3.8, 4) is 0 Å². The van der Waals surface area contributed by atoms with Gasteiger partial charge < -0.3 is 5.32 Å². The van der Waals surface area contributed by atoms with Gasteiger partial charge in [0.2, 0.25) is 5.91 Å². The smallest absolute Gasteiger partial charge is 0.222 e. The number of aryl methyl sites for hydroxylation is 3. The molecule has 0 saturated carbocycles. The minimum atomic E-state index is 0.0540. The number of rotatable bonds is 5. The second-order valence-electron chi connectivity index (χ2n) is 5.63. The summed E-state index contributed by atoms with van der Waals surface area (Å²) in [6, 6.07) is 10.2. The maximum atomic E-state index is 12.1. The molecule has 0 aliphatic rings. The van der Waals surface area contributed by atoms with Crippen molar-refractivity contribution in [2.75, 3.05) is 0 Å². The van der Waals surface area contributed by atoms with E-state index >= 15 is 0 Å². The van der Waals surface area contributed by atoms with Gasteiger partial charge in [-0.05, 0) is 44.9 Å². The highest BCUT2D eigenvalue weighted by Gasteiger charge is 2.13.